The number of benzene rings is 10. The Morgan fingerprint density at radius 1 is 0.364 bits per heavy atom. The molecule has 0 spiro atoms. The highest BCUT2D eigenvalue weighted by Crippen LogP contribution is 2.52. The second-order valence-electron chi connectivity index (χ2n) is 18.7. The second-order valence-corrected chi connectivity index (χ2v) is 18.7. The lowest BCUT2D eigenvalue weighted by Gasteiger charge is -2.33. The molecule has 0 unspecified atom stereocenters. The molecule has 0 radical (unpaired) electrons. The Balaban J connectivity index is 1.32. The SMILES string of the molecule is CCc1cccc(N(c2cccc(-c3ccccc3)c2C)c2cc(C(C)C)c3ccc4c(N(c5cccc(CC)c5)c5cccc(-c6ccccc6)c5C)cc(C(C)C)c5ccc2c3c54)c1. The van der Waals surface area contributed by atoms with Crippen LogP contribution in [0.15, 0.2) is 182 Å². The summed E-state index contributed by atoms with van der Waals surface area (Å²) in [5.41, 5.74) is 19.9. The van der Waals surface area contributed by atoms with E-state index in [1.807, 2.05) is 0 Å². The molecular weight excluding hydrogens is 797 g/mol. The molecule has 10 aromatic rings. The zero-order valence-corrected chi connectivity index (χ0v) is 39.8. The predicted molar refractivity (Wildman–Crippen MR) is 287 cm³/mol. The molecule has 0 aliphatic rings. The Labute approximate surface area is 392 Å². The molecule has 326 valence electrons. The smallest absolute Gasteiger partial charge is 0.0543 e. The van der Waals surface area contributed by atoms with Crippen molar-refractivity contribution in [2.45, 2.75) is 80.1 Å². The van der Waals surface area contributed by atoms with E-state index in [0.717, 1.165) is 12.8 Å². The maximum atomic E-state index is 2.56. The first kappa shape index (κ1) is 42.8. The fraction of sp³-hybridized carbons (Fsp3) is 0.188. The normalized spacial score (nSPS) is 11.7. The molecule has 0 aromatic heterocycles. The lowest BCUT2D eigenvalue weighted by Crippen LogP contribution is -2.15. The van der Waals surface area contributed by atoms with Crippen molar-refractivity contribution in [1.29, 1.82) is 0 Å². The maximum absolute atomic E-state index is 2.56. The van der Waals surface area contributed by atoms with Crippen molar-refractivity contribution in [2.75, 3.05) is 9.80 Å². The summed E-state index contributed by atoms with van der Waals surface area (Å²) in [4.78, 5) is 5.12. The molecule has 0 bridgehead atoms. The quantitative estimate of drug-likeness (QED) is 0.113. The number of aryl methyl sites for hydroxylation is 2. The molecule has 2 nitrogen and oxygen atoms in total. The predicted octanol–water partition coefficient (Wildman–Crippen LogP) is 18.8. The number of nitrogens with zero attached hydrogens (tertiary/aromatic N) is 2. The van der Waals surface area contributed by atoms with Crippen LogP contribution in [0.3, 0.4) is 0 Å². The van der Waals surface area contributed by atoms with Gasteiger partial charge in [0.05, 0.1) is 11.4 Å². The molecule has 0 aliphatic carbocycles. The van der Waals surface area contributed by atoms with Gasteiger partial charge in [-0.3, -0.25) is 0 Å². The highest BCUT2D eigenvalue weighted by molar-refractivity contribution is 6.29. The van der Waals surface area contributed by atoms with Crippen molar-refractivity contribution >= 4 is 66.4 Å². The molecule has 0 aliphatic heterocycles. The third-order valence-electron chi connectivity index (χ3n) is 14.1. The topological polar surface area (TPSA) is 6.48 Å². The Bertz CT molecular complexity index is 3130. The highest BCUT2D eigenvalue weighted by Gasteiger charge is 2.28. The Morgan fingerprint density at radius 3 is 1.12 bits per heavy atom. The summed E-state index contributed by atoms with van der Waals surface area (Å²) < 4.78 is 0. The fourth-order valence-corrected chi connectivity index (χ4v) is 10.6. The number of rotatable bonds is 12. The van der Waals surface area contributed by atoms with Gasteiger partial charge in [0.2, 0.25) is 0 Å². The molecule has 0 fully saturated rings. The van der Waals surface area contributed by atoms with Crippen LogP contribution in [0, 0.1) is 13.8 Å². The largest absolute Gasteiger partial charge is 0.310 e. The molecule has 66 heavy (non-hydrogen) atoms. The summed E-state index contributed by atoms with van der Waals surface area (Å²) in [6.45, 7) is 18.5. The van der Waals surface area contributed by atoms with E-state index in [1.165, 1.54) is 122 Å². The van der Waals surface area contributed by atoms with E-state index in [0.29, 0.717) is 0 Å². The van der Waals surface area contributed by atoms with E-state index in [-0.39, 0.29) is 11.8 Å². The second kappa shape index (κ2) is 17.7. The van der Waals surface area contributed by atoms with Gasteiger partial charge in [-0.25, -0.2) is 0 Å². The van der Waals surface area contributed by atoms with E-state index in [4.69, 9.17) is 0 Å². The molecule has 10 rings (SSSR count). The van der Waals surface area contributed by atoms with Gasteiger partial charge in [0, 0.05) is 33.5 Å². The minimum Gasteiger partial charge on any atom is -0.310 e. The van der Waals surface area contributed by atoms with E-state index in [2.05, 4.69) is 247 Å². The number of hydrogen-bond donors (Lipinski definition) is 0. The van der Waals surface area contributed by atoms with E-state index < -0.39 is 0 Å². The zero-order chi connectivity index (χ0) is 45.6. The summed E-state index contributed by atoms with van der Waals surface area (Å²) in [6, 6.07) is 68.4. The van der Waals surface area contributed by atoms with Crippen molar-refractivity contribution in [3.8, 4) is 22.3 Å². The van der Waals surface area contributed by atoms with Crippen molar-refractivity contribution < 1.29 is 0 Å². The Kier molecular flexibility index (Phi) is 11.5. The van der Waals surface area contributed by atoms with Crippen LogP contribution in [0.25, 0.3) is 54.6 Å². The summed E-state index contributed by atoms with van der Waals surface area (Å²) in [6.07, 6.45) is 1.93. The van der Waals surface area contributed by atoms with E-state index in [9.17, 15) is 0 Å². The van der Waals surface area contributed by atoms with Crippen molar-refractivity contribution in [3.05, 3.63) is 215 Å². The highest BCUT2D eigenvalue weighted by atomic mass is 15.2. The van der Waals surface area contributed by atoms with Gasteiger partial charge in [-0.2, -0.15) is 0 Å². The zero-order valence-electron chi connectivity index (χ0n) is 39.8. The van der Waals surface area contributed by atoms with Crippen LogP contribution >= 0.6 is 0 Å². The summed E-state index contributed by atoms with van der Waals surface area (Å²) in [5, 5.41) is 7.83. The standard InChI is InChI=1S/C64H60N2/c1-9-45-21-17-27-49(37-45)65(59-31-19-29-51(43(59)7)47-23-13-11-14-24-47)61-39-57(41(3)4)53-34-36-56-62(40-58(42(5)6)54-33-35-55(61)63(53)64(54)56)66(50-28-18-22-46(10-2)38-50)60-32-20-30-52(44(60)8)48-25-15-12-16-26-48/h11-42H,9-10H2,1-8H3. The lowest BCUT2D eigenvalue weighted by atomic mass is 9.83. The Morgan fingerprint density at radius 2 is 0.742 bits per heavy atom. The Hall–Kier alpha value is -7.16. The first-order chi connectivity index (χ1) is 32.2. The van der Waals surface area contributed by atoms with Crippen molar-refractivity contribution in [2.24, 2.45) is 0 Å². The van der Waals surface area contributed by atoms with Gasteiger partial charge in [0.25, 0.3) is 0 Å². The van der Waals surface area contributed by atoms with Crippen LogP contribution in [0.1, 0.15) is 86.8 Å². The molecule has 0 amide bonds. The molecule has 2 heteroatoms. The van der Waals surface area contributed by atoms with Gasteiger partial charge < -0.3 is 9.80 Å². The molecule has 0 saturated heterocycles. The molecule has 0 N–H and O–H groups in total. The first-order valence-corrected chi connectivity index (χ1v) is 24.0. The first-order valence-electron chi connectivity index (χ1n) is 24.0. The van der Waals surface area contributed by atoms with Crippen molar-refractivity contribution in [1.82, 2.24) is 0 Å². The third kappa shape index (κ3) is 7.39. The fourth-order valence-electron chi connectivity index (χ4n) is 10.6. The van der Waals surface area contributed by atoms with Gasteiger partial charge in [-0.05, 0) is 164 Å². The average Bonchev–Trinajstić information content (AvgIpc) is 3.35. The van der Waals surface area contributed by atoms with E-state index in [1.54, 1.807) is 0 Å². The van der Waals surface area contributed by atoms with Crippen LogP contribution in [0.5, 0.6) is 0 Å². The average molecular weight is 857 g/mol. The molecule has 0 saturated carbocycles. The van der Waals surface area contributed by atoms with Crippen LogP contribution in [-0.4, -0.2) is 0 Å². The summed E-state index contributed by atoms with van der Waals surface area (Å²) >= 11 is 0. The van der Waals surface area contributed by atoms with Gasteiger partial charge in [-0.1, -0.05) is 175 Å². The lowest BCUT2D eigenvalue weighted by molar-refractivity contribution is 0.875. The van der Waals surface area contributed by atoms with E-state index >= 15 is 0 Å². The van der Waals surface area contributed by atoms with Crippen LogP contribution < -0.4 is 9.80 Å². The summed E-state index contributed by atoms with van der Waals surface area (Å²) in [5.74, 6) is 0.573. The van der Waals surface area contributed by atoms with Gasteiger partial charge >= 0.3 is 0 Å². The van der Waals surface area contributed by atoms with Crippen molar-refractivity contribution in [3.63, 3.8) is 0 Å². The van der Waals surface area contributed by atoms with Gasteiger partial charge in [0.1, 0.15) is 0 Å². The number of anilines is 6. The maximum Gasteiger partial charge on any atom is 0.0543 e. The number of hydrogen-bond acceptors (Lipinski definition) is 2. The molecule has 0 atom stereocenters. The molecule has 10 aromatic carbocycles. The monoisotopic (exact) mass is 856 g/mol. The van der Waals surface area contributed by atoms with Crippen LogP contribution in [0.4, 0.5) is 34.1 Å². The third-order valence-corrected chi connectivity index (χ3v) is 14.1. The minimum atomic E-state index is 0.287. The van der Waals surface area contributed by atoms with Gasteiger partial charge in [-0.15, -0.1) is 0 Å². The van der Waals surface area contributed by atoms with Crippen LogP contribution in [0.2, 0.25) is 0 Å². The molecular formula is C64H60N2. The minimum absolute atomic E-state index is 0.287. The van der Waals surface area contributed by atoms with Crippen LogP contribution in [-0.2, 0) is 12.8 Å². The molecule has 0 heterocycles. The van der Waals surface area contributed by atoms with Gasteiger partial charge in [0.15, 0.2) is 0 Å². The summed E-state index contributed by atoms with van der Waals surface area (Å²) in [7, 11) is 0.